The third kappa shape index (κ3) is 4.97. The first kappa shape index (κ1) is 16.2. The van der Waals surface area contributed by atoms with E-state index in [1.807, 2.05) is 55.5 Å². The van der Waals surface area contributed by atoms with Crippen molar-refractivity contribution >= 4 is 23.4 Å². The molecule has 0 saturated carbocycles. The quantitative estimate of drug-likeness (QED) is 0.609. The van der Waals surface area contributed by atoms with Gasteiger partial charge in [-0.15, -0.1) is 11.8 Å². The summed E-state index contributed by atoms with van der Waals surface area (Å²) in [4.78, 5) is 13.3. The number of anilines is 1. The Morgan fingerprint density at radius 1 is 1.27 bits per heavy atom. The van der Waals surface area contributed by atoms with Gasteiger partial charge in [-0.2, -0.15) is 0 Å². The summed E-state index contributed by atoms with van der Waals surface area (Å²) in [5, 5.41) is 2.73. The first-order valence-corrected chi connectivity index (χ1v) is 7.93. The molecule has 0 aliphatic heterocycles. The first-order chi connectivity index (χ1) is 10.7. The van der Waals surface area contributed by atoms with Crippen molar-refractivity contribution in [3.8, 4) is 5.75 Å². The first-order valence-electron chi connectivity index (χ1n) is 7.05. The summed E-state index contributed by atoms with van der Waals surface area (Å²) in [6, 6.07) is 17.2. The van der Waals surface area contributed by atoms with Gasteiger partial charge < -0.3 is 10.1 Å². The number of amides is 1. The average molecular weight is 313 g/mol. The fourth-order valence-electron chi connectivity index (χ4n) is 1.82. The Bertz CT molecular complexity index is 628. The van der Waals surface area contributed by atoms with Crippen molar-refractivity contribution in [3.63, 3.8) is 0 Å². The highest BCUT2D eigenvalue weighted by atomic mass is 32.2. The van der Waals surface area contributed by atoms with Gasteiger partial charge in [0.2, 0.25) is 5.91 Å². The zero-order valence-electron chi connectivity index (χ0n) is 12.5. The molecule has 114 valence electrons. The molecule has 0 aliphatic rings. The molecule has 2 aromatic rings. The number of benzene rings is 2. The summed E-state index contributed by atoms with van der Waals surface area (Å²) in [6.07, 6.45) is 1.68. The van der Waals surface area contributed by atoms with Crippen LogP contribution < -0.4 is 10.1 Å². The Morgan fingerprint density at radius 3 is 2.77 bits per heavy atom. The van der Waals surface area contributed by atoms with Gasteiger partial charge in [0.05, 0.1) is 5.25 Å². The summed E-state index contributed by atoms with van der Waals surface area (Å²) in [5.74, 6) is 0.677. The lowest BCUT2D eigenvalue weighted by atomic mass is 10.3. The van der Waals surface area contributed by atoms with E-state index >= 15 is 0 Å². The average Bonchev–Trinajstić information content (AvgIpc) is 2.54. The maximum absolute atomic E-state index is 12.3. The predicted molar refractivity (Wildman–Crippen MR) is 92.5 cm³/mol. The molecule has 3 nitrogen and oxygen atoms in total. The summed E-state index contributed by atoms with van der Waals surface area (Å²) in [6.45, 7) is 5.95. The molecule has 0 aromatic heterocycles. The SMILES string of the molecule is C=CCOc1cccc(NC(=O)[C@@H](C)Sc2ccccc2)c1. The summed E-state index contributed by atoms with van der Waals surface area (Å²) < 4.78 is 5.46. The second-order valence-electron chi connectivity index (χ2n) is 4.69. The van der Waals surface area contributed by atoms with Gasteiger partial charge in [0, 0.05) is 16.6 Å². The van der Waals surface area contributed by atoms with Crippen LogP contribution in [0.2, 0.25) is 0 Å². The molecule has 0 heterocycles. The molecule has 0 unspecified atom stereocenters. The van der Waals surface area contributed by atoms with E-state index in [9.17, 15) is 4.79 Å². The number of carbonyl (C=O) groups excluding carboxylic acids is 1. The second-order valence-corrected chi connectivity index (χ2v) is 6.10. The molecule has 1 atom stereocenters. The number of thioether (sulfide) groups is 1. The van der Waals surface area contributed by atoms with Crippen LogP contribution in [-0.4, -0.2) is 17.8 Å². The van der Waals surface area contributed by atoms with Crippen LogP contribution in [0.3, 0.4) is 0 Å². The monoisotopic (exact) mass is 313 g/mol. The van der Waals surface area contributed by atoms with Crippen LogP contribution in [0.5, 0.6) is 5.75 Å². The molecule has 22 heavy (non-hydrogen) atoms. The number of hydrogen-bond donors (Lipinski definition) is 1. The number of nitrogens with one attached hydrogen (secondary N) is 1. The number of hydrogen-bond acceptors (Lipinski definition) is 3. The van der Waals surface area contributed by atoms with E-state index in [1.165, 1.54) is 11.8 Å². The summed E-state index contributed by atoms with van der Waals surface area (Å²) >= 11 is 1.53. The van der Waals surface area contributed by atoms with E-state index in [-0.39, 0.29) is 11.2 Å². The third-order valence-corrected chi connectivity index (χ3v) is 4.01. The van der Waals surface area contributed by atoms with Gasteiger partial charge in [0.25, 0.3) is 0 Å². The van der Waals surface area contributed by atoms with E-state index in [4.69, 9.17) is 4.74 Å². The lowest BCUT2D eigenvalue weighted by molar-refractivity contribution is -0.115. The fourth-order valence-corrected chi connectivity index (χ4v) is 2.71. The lowest BCUT2D eigenvalue weighted by Crippen LogP contribution is -2.22. The van der Waals surface area contributed by atoms with Crippen molar-refractivity contribution in [2.75, 3.05) is 11.9 Å². The van der Waals surface area contributed by atoms with Gasteiger partial charge in [-0.05, 0) is 31.2 Å². The van der Waals surface area contributed by atoms with E-state index in [2.05, 4.69) is 11.9 Å². The highest BCUT2D eigenvalue weighted by Gasteiger charge is 2.14. The number of rotatable bonds is 7. The minimum atomic E-state index is -0.180. The molecule has 2 rings (SSSR count). The highest BCUT2D eigenvalue weighted by Crippen LogP contribution is 2.24. The molecule has 1 N–H and O–H groups in total. The molecular weight excluding hydrogens is 294 g/mol. The normalized spacial score (nSPS) is 11.5. The van der Waals surface area contributed by atoms with Gasteiger partial charge in [-0.1, -0.05) is 36.9 Å². The Balaban J connectivity index is 1.94. The zero-order valence-corrected chi connectivity index (χ0v) is 13.3. The molecule has 4 heteroatoms. The molecule has 0 spiro atoms. The fraction of sp³-hybridized carbons (Fsp3) is 0.167. The maximum atomic E-state index is 12.3. The van der Waals surface area contributed by atoms with E-state index in [1.54, 1.807) is 12.1 Å². The van der Waals surface area contributed by atoms with Crippen molar-refractivity contribution in [1.82, 2.24) is 0 Å². The summed E-state index contributed by atoms with van der Waals surface area (Å²) in [7, 11) is 0. The van der Waals surface area contributed by atoms with Crippen LogP contribution in [0.25, 0.3) is 0 Å². The van der Waals surface area contributed by atoms with Crippen LogP contribution >= 0.6 is 11.8 Å². The van der Waals surface area contributed by atoms with Crippen LogP contribution in [-0.2, 0) is 4.79 Å². The Morgan fingerprint density at radius 2 is 2.05 bits per heavy atom. The second kappa shape index (κ2) is 8.29. The molecule has 1 amide bonds. The summed E-state index contributed by atoms with van der Waals surface area (Å²) in [5.41, 5.74) is 0.729. The third-order valence-electron chi connectivity index (χ3n) is 2.89. The molecule has 0 radical (unpaired) electrons. The molecule has 0 bridgehead atoms. The topological polar surface area (TPSA) is 38.3 Å². The molecule has 0 aliphatic carbocycles. The van der Waals surface area contributed by atoms with Crippen LogP contribution in [0.4, 0.5) is 5.69 Å². The van der Waals surface area contributed by atoms with Gasteiger partial charge >= 0.3 is 0 Å². The van der Waals surface area contributed by atoms with Crippen molar-refractivity contribution in [3.05, 3.63) is 67.3 Å². The van der Waals surface area contributed by atoms with Gasteiger partial charge in [-0.3, -0.25) is 4.79 Å². The van der Waals surface area contributed by atoms with Crippen LogP contribution in [0.1, 0.15) is 6.92 Å². The van der Waals surface area contributed by atoms with Crippen LogP contribution in [0, 0.1) is 0 Å². The molecule has 0 fully saturated rings. The molecule has 2 aromatic carbocycles. The van der Waals surface area contributed by atoms with Gasteiger partial charge in [0.1, 0.15) is 12.4 Å². The standard InChI is InChI=1S/C18H19NO2S/c1-3-12-21-16-9-7-8-15(13-16)19-18(20)14(2)22-17-10-5-4-6-11-17/h3-11,13-14H,1,12H2,2H3,(H,19,20)/t14-/m1/s1. The largest absolute Gasteiger partial charge is 0.489 e. The van der Waals surface area contributed by atoms with Crippen molar-refractivity contribution < 1.29 is 9.53 Å². The molecule has 0 saturated heterocycles. The lowest BCUT2D eigenvalue weighted by Gasteiger charge is -2.13. The van der Waals surface area contributed by atoms with E-state index < -0.39 is 0 Å². The highest BCUT2D eigenvalue weighted by molar-refractivity contribution is 8.00. The van der Waals surface area contributed by atoms with E-state index in [0.29, 0.717) is 12.4 Å². The zero-order chi connectivity index (χ0) is 15.8. The van der Waals surface area contributed by atoms with E-state index in [0.717, 1.165) is 10.6 Å². The Kier molecular flexibility index (Phi) is 6.10. The smallest absolute Gasteiger partial charge is 0.237 e. The van der Waals surface area contributed by atoms with Crippen molar-refractivity contribution in [1.29, 1.82) is 0 Å². The Labute approximate surface area is 135 Å². The number of carbonyl (C=O) groups is 1. The minimum Gasteiger partial charge on any atom is -0.489 e. The molecular formula is C18H19NO2S. The maximum Gasteiger partial charge on any atom is 0.237 e. The Hall–Kier alpha value is -2.20. The predicted octanol–water partition coefficient (Wildman–Crippen LogP) is 4.37. The van der Waals surface area contributed by atoms with Crippen molar-refractivity contribution in [2.45, 2.75) is 17.1 Å². The van der Waals surface area contributed by atoms with Gasteiger partial charge in [-0.25, -0.2) is 0 Å². The van der Waals surface area contributed by atoms with Crippen molar-refractivity contribution in [2.24, 2.45) is 0 Å². The van der Waals surface area contributed by atoms with Crippen LogP contribution in [0.15, 0.2) is 72.1 Å². The van der Waals surface area contributed by atoms with Gasteiger partial charge in [0.15, 0.2) is 0 Å². The number of ether oxygens (including phenoxy) is 1. The minimum absolute atomic E-state index is 0.0327.